The highest BCUT2D eigenvalue weighted by atomic mass is 15.1. The van der Waals surface area contributed by atoms with Crippen molar-refractivity contribution in [1.82, 2.24) is 0 Å². The van der Waals surface area contributed by atoms with Crippen LogP contribution >= 0.6 is 0 Å². The lowest BCUT2D eigenvalue weighted by Gasteiger charge is -2.57. The van der Waals surface area contributed by atoms with Gasteiger partial charge in [0.1, 0.15) is 0 Å². The van der Waals surface area contributed by atoms with Gasteiger partial charge in [0, 0.05) is 22.4 Å². The van der Waals surface area contributed by atoms with E-state index in [1.807, 2.05) is 0 Å². The summed E-state index contributed by atoms with van der Waals surface area (Å²) in [6.07, 6.45) is 15.4. The van der Waals surface area contributed by atoms with Crippen LogP contribution in [0.15, 0.2) is 127 Å². The van der Waals surface area contributed by atoms with E-state index in [9.17, 15) is 0 Å². The molecule has 0 N–H and O–H groups in total. The molecule has 0 heterocycles. The highest BCUT2D eigenvalue weighted by Gasteiger charge is 2.51. The van der Waals surface area contributed by atoms with E-state index in [0.717, 1.165) is 17.8 Å². The molecular weight excluding hydrogens is 651 g/mol. The summed E-state index contributed by atoms with van der Waals surface area (Å²) in [7, 11) is 0. The fourth-order valence-electron chi connectivity index (χ4n) is 12.8. The summed E-state index contributed by atoms with van der Waals surface area (Å²) in [5.41, 5.74) is 15.3. The predicted molar refractivity (Wildman–Crippen MR) is 227 cm³/mol. The minimum Gasteiger partial charge on any atom is -0.310 e. The minimum atomic E-state index is -0.100. The monoisotopic (exact) mass is 703 g/mol. The van der Waals surface area contributed by atoms with Crippen LogP contribution in [0.3, 0.4) is 0 Å². The van der Waals surface area contributed by atoms with Gasteiger partial charge in [0.2, 0.25) is 0 Å². The summed E-state index contributed by atoms with van der Waals surface area (Å²) in [4.78, 5) is 2.60. The maximum Gasteiger partial charge on any atom is 0.0543 e. The van der Waals surface area contributed by atoms with Gasteiger partial charge >= 0.3 is 0 Å². The SMILES string of the molecule is CC1(C)c2ccccc2-c2cc(-c3cccc4ccccc34)c(N(c3ccc(C4CCCCC4)cc3)c3ccc(C45CC6CC(CC(C6)C4)C5)cc3)cc21. The standard InChI is InChI=1S/C53H53N/c1-52(2)49-18-9-8-16-46(49)47-30-48(45-17-10-14-40-13-6-7-15-44(40)45)51(31-50(47)52)54(42-23-19-39(20-24-42)38-11-4-3-5-12-38)43-25-21-41(22-26-43)53-32-35-27-36(33-53)29-37(28-35)34-53/h6-10,13-26,30-31,35-38H,3-5,11-12,27-29,32-34H2,1-2H3. The first-order valence-electron chi connectivity index (χ1n) is 21.2. The van der Waals surface area contributed by atoms with Crippen molar-refractivity contribution >= 4 is 27.8 Å². The van der Waals surface area contributed by atoms with Gasteiger partial charge < -0.3 is 4.90 Å². The molecule has 0 aromatic heterocycles. The Kier molecular flexibility index (Phi) is 7.56. The average molecular weight is 704 g/mol. The summed E-state index contributed by atoms with van der Waals surface area (Å²) in [6.45, 7) is 4.84. The molecule has 6 aliphatic carbocycles. The fraction of sp³-hybridized carbons (Fsp3) is 0.358. The molecule has 0 amide bonds. The molecule has 0 saturated heterocycles. The average Bonchev–Trinajstić information content (AvgIpc) is 3.43. The van der Waals surface area contributed by atoms with Gasteiger partial charge in [0.15, 0.2) is 0 Å². The zero-order chi connectivity index (χ0) is 36.0. The Labute approximate surface area is 322 Å². The van der Waals surface area contributed by atoms with E-state index in [0.29, 0.717) is 11.3 Å². The molecule has 6 aliphatic rings. The Morgan fingerprint density at radius 1 is 0.519 bits per heavy atom. The van der Waals surface area contributed by atoms with Crippen LogP contribution in [0.5, 0.6) is 0 Å². The molecular formula is C53H53N. The van der Waals surface area contributed by atoms with E-state index >= 15 is 0 Å². The van der Waals surface area contributed by atoms with E-state index in [1.54, 1.807) is 5.56 Å². The van der Waals surface area contributed by atoms with Gasteiger partial charge in [0.25, 0.3) is 0 Å². The lowest BCUT2D eigenvalue weighted by molar-refractivity contribution is -0.00518. The van der Waals surface area contributed by atoms with Crippen LogP contribution in [0.2, 0.25) is 0 Å². The third-order valence-corrected chi connectivity index (χ3v) is 15.0. The second-order valence-corrected chi connectivity index (χ2v) is 18.6. The van der Waals surface area contributed by atoms with Gasteiger partial charge in [0.05, 0.1) is 5.69 Å². The molecule has 270 valence electrons. The van der Waals surface area contributed by atoms with Crippen molar-refractivity contribution in [3.05, 3.63) is 150 Å². The van der Waals surface area contributed by atoms with Gasteiger partial charge in [-0.3, -0.25) is 0 Å². The molecule has 12 rings (SSSR count). The zero-order valence-electron chi connectivity index (χ0n) is 32.2. The number of rotatable bonds is 6. The van der Waals surface area contributed by atoms with Gasteiger partial charge in [-0.1, -0.05) is 124 Å². The summed E-state index contributed by atoms with van der Waals surface area (Å²) >= 11 is 0. The largest absolute Gasteiger partial charge is 0.310 e. The Morgan fingerprint density at radius 3 is 1.85 bits per heavy atom. The van der Waals surface area contributed by atoms with Crippen molar-refractivity contribution in [2.75, 3.05) is 4.90 Å². The molecule has 4 bridgehead atoms. The molecule has 54 heavy (non-hydrogen) atoms. The van der Waals surface area contributed by atoms with Crippen LogP contribution in [0, 0.1) is 17.8 Å². The summed E-state index contributed by atoms with van der Waals surface area (Å²) in [6, 6.07) is 49.8. The first-order valence-corrected chi connectivity index (χ1v) is 21.2. The van der Waals surface area contributed by atoms with E-state index < -0.39 is 0 Å². The molecule has 1 nitrogen and oxygen atoms in total. The van der Waals surface area contributed by atoms with Gasteiger partial charge in [-0.25, -0.2) is 0 Å². The highest BCUT2D eigenvalue weighted by molar-refractivity contribution is 6.03. The van der Waals surface area contributed by atoms with E-state index in [4.69, 9.17) is 0 Å². The molecule has 6 aromatic rings. The van der Waals surface area contributed by atoms with Crippen molar-refractivity contribution in [3.8, 4) is 22.3 Å². The first-order chi connectivity index (χ1) is 26.4. The number of anilines is 3. The number of nitrogens with zero attached hydrogens (tertiary/aromatic N) is 1. The number of hydrogen-bond acceptors (Lipinski definition) is 1. The number of fused-ring (bicyclic) bond motifs is 4. The molecule has 0 atom stereocenters. The van der Waals surface area contributed by atoms with Crippen LogP contribution in [-0.2, 0) is 10.8 Å². The quantitative estimate of drug-likeness (QED) is 0.167. The van der Waals surface area contributed by atoms with Crippen molar-refractivity contribution in [2.24, 2.45) is 17.8 Å². The molecule has 0 spiro atoms. The summed E-state index contributed by atoms with van der Waals surface area (Å²) in [5.74, 6) is 3.51. The number of benzene rings is 6. The lowest BCUT2D eigenvalue weighted by atomic mass is 9.48. The van der Waals surface area contributed by atoms with Crippen LogP contribution in [-0.4, -0.2) is 0 Å². The predicted octanol–water partition coefficient (Wildman–Crippen LogP) is 14.8. The van der Waals surface area contributed by atoms with E-state index in [-0.39, 0.29) is 5.41 Å². The second kappa shape index (κ2) is 12.5. The maximum atomic E-state index is 2.60. The van der Waals surface area contributed by atoms with Gasteiger partial charge in [-0.15, -0.1) is 0 Å². The van der Waals surface area contributed by atoms with Crippen molar-refractivity contribution in [3.63, 3.8) is 0 Å². The Bertz CT molecular complexity index is 2330. The fourth-order valence-corrected chi connectivity index (χ4v) is 12.8. The highest BCUT2D eigenvalue weighted by Crippen LogP contribution is 2.61. The maximum absolute atomic E-state index is 2.60. The Balaban J connectivity index is 1.11. The van der Waals surface area contributed by atoms with Crippen LogP contribution < -0.4 is 4.90 Å². The Morgan fingerprint density at radius 2 is 1.13 bits per heavy atom. The van der Waals surface area contributed by atoms with Crippen LogP contribution in [0.1, 0.15) is 113 Å². The normalized spacial score (nSPS) is 25.1. The first kappa shape index (κ1) is 32.8. The van der Waals surface area contributed by atoms with Crippen molar-refractivity contribution < 1.29 is 0 Å². The zero-order valence-corrected chi connectivity index (χ0v) is 32.2. The minimum absolute atomic E-state index is 0.100. The van der Waals surface area contributed by atoms with Gasteiger partial charge in [-0.2, -0.15) is 0 Å². The van der Waals surface area contributed by atoms with E-state index in [2.05, 4.69) is 146 Å². The third kappa shape index (κ3) is 5.17. The summed E-state index contributed by atoms with van der Waals surface area (Å²) in [5, 5.41) is 2.59. The lowest BCUT2D eigenvalue weighted by Crippen LogP contribution is -2.48. The molecule has 0 aliphatic heterocycles. The molecule has 0 unspecified atom stereocenters. The van der Waals surface area contributed by atoms with Crippen molar-refractivity contribution in [2.45, 2.75) is 101 Å². The Hall–Kier alpha value is -4.62. The molecule has 6 aromatic carbocycles. The summed E-state index contributed by atoms with van der Waals surface area (Å²) < 4.78 is 0. The van der Waals surface area contributed by atoms with Crippen molar-refractivity contribution in [1.29, 1.82) is 0 Å². The van der Waals surface area contributed by atoms with E-state index in [1.165, 1.54) is 137 Å². The topological polar surface area (TPSA) is 3.24 Å². The molecule has 1 heteroatoms. The molecule has 5 saturated carbocycles. The van der Waals surface area contributed by atoms with Gasteiger partial charge in [-0.05, 0) is 167 Å². The van der Waals surface area contributed by atoms with Crippen LogP contribution in [0.25, 0.3) is 33.0 Å². The number of hydrogen-bond donors (Lipinski definition) is 0. The third-order valence-electron chi connectivity index (χ3n) is 15.0. The second-order valence-electron chi connectivity index (χ2n) is 18.6. The smallest absolute Gasteiger partial charge is 0.0543 e. The molecule has 0 radical (unpaired) electrons. The molecule has 5 fully saturated rings. The van der Waals surface area contributed by atoms with Crippen LogP contribution in [0.4, 0.5) is 17.1 Å².